The van der Waals surface area contributed by atoms with E-state index in [2.05, 4.69) is 10.6 Å². The molecule has 2 unspecified atom stereocenters. The van der Waals surface area contributed by atoms with Gasteiger partial charge in [-0.15, -0.1) is 5.06 Å². The Morgan fingerprint density at radius 2 is 1.88 bits per heavy atom. The zero-order valence-electron chi connectivity index (χ0n) is 23.8. The minimum absolute atomic E-state index is 0.0178. The Labute approximate surface area is 236 Å². The van der Waals surface area contributed by atoms with Crippen LogP contribution in [-0.2, 0) is 30.4 Å². The van der Waals surface area contributed by atoms with Gasteiger partial charge in [-0.3, -0.25) is 19.2 Å². The van der Waals surface area contributed by atoms with E-state index >= 15 is 0 Å². The number of hydroxylamine groups is 2. The Balaban J connectivity index is 1.61. The molecule has 1 saturated heterocycles. The number of primary amides is 1. The third-order valence-electron chi connectivity index (χ3n) is 8.29. The van der Waals surface area contributed by atoms with Crippen molar-refractivity contribution in [2.24, 2.45) is 17.6 Å². The van der Waals surface area contributed by atoms with Crippen molar-refractivity contribution >= 4 is 40.5 Å². The van der Waals surface area contributed by atoms with Gasteiger partial charge in [-0.1, -0.05) is 0 Å². The molecule has 1 aromatic rings. The Kier molecular flexibility index (Phi) is 6.48. The fourth-order valence-corrected chi connectivity index (χ4v) is 6.39. The maximum absolute atomic E-state index is 14.0. The molecule has 1 heterocycles. The molecule has 2 amide bonds. The molecule has 0 radical (unpaired) electrons. The number of benzene rings is 1. The lowest BCUT2D eigenvalue weighted by Gasteiger charge is -2.55. The second-order valence-electron chi connectivity index (χ2n) is 12.3. The molecule has 3 aliphatic carbocycles. The zero-order chi connectivity index (χ0) is 30.3. The van der Waals surface area contributed by atoms with Gasteiger partial charge in [0, 0.05) is 43.9 Å². The lowest BCUT2D eigenvalue weighted by atomic mass is 9.56. The predicted molar refractivity (Wildman–Crippen MR) is 147 cm³/mol. The Morgan fingerprint density at radius 1 is 1.22 bits per heavy atom. The maximum Gasteiger partial charge on any atom is 0.256 e. The van der Waals surface area contributed by atoms with Crippen molar-refractivity contribution in [1.29, 1.82) is 0 Å². The second kappa shape index (κ2) is 9.29. The average Bonchev–Trinajstić information content (AvgIpc) is 2.85. The van der Waals surface area contributed by atoms with Crippen molar-refractivity contribution in [3.63, 3.8) is 0 Å². The molecule has 13 nitrogen and oxygen atoms in total. The first-order chi connectivity index (χ1) is 19.0. The third-order valence-corrected chi connectivity index (χ3v) is 8.29. The second-order valence-corrected chi connectivity index (χ2v) is 12.3. The van der Waals surface area contributed by atoms with Crippen molar-refractivity contribution in [3.05, 3.63) is 34.1 Å². The van der Waals surface area contributed by atoms with Gasteiger partial charge in [0.2, 0.25) is 17.5 Å². The number of aliphatic hydroxyl groups is 2. The molecule has 1 aromatic carbocycles. The molecule has 4 aliphatic rings. The predicted octanol–water partition coefficient (Wildman–Crippen LogP) is 0.114. The first kappa shape index (κ1) is 28.6. The summed E-state index contributed by atoms with van der Waals surface area (Å²) in [6, 6.07) is 0.857. The molecule has 1 saturated carbocycles. The van der Waals surface area contributed by atoms with Crippen molar-refractivity contribution in [2.75, 3.05) is 37.9 Å². The fourth-order valence-electron chi connectivity index (χ4n) is 6.39. The number of hydrogen-bond acceptors (Lipinski definition) is 11. The van der Waals surface area contributed by atoms with Crippen LogP contribution in [0.25, 0.3) is 5.76 Å². The molecule has 5 rings (SSSR count). The van der Waals surface area contributed by atoms with Crippen LogP contribution >= 0.6 is 0 Å². The van der Waals surface area contributed by atoms with E-state index in [1.54, 1.807) is 32.1 Å². The number of anilines is 2. The number of phenols is 1. The number of likely N-dealkylation sites (N-methyl/N-ethyl adjacent to an activating group) is 1. The first-order valence-corrected chi connectivity index (χ1v) is 13.3. The van der Waals surface area contributed by atoms with Gasteiger partial charge in [0.25, 0.3) is 5.91 Å². The number of hydrogen-bond donors (Lipinski definition) is 6. The number of nitrogens with zero attached hydrogens (tertiary/aromatic N) is 2. The molecule has 1 aliphatic heterocycles. The summed E-state index contributed by atoms with van der Waals surface area (Å²) < 4.78 is 0. The molecule has 0 spiro atoms. The number of fused-ring (bicyclic) bond motifs is 5. The van der Waals surface area contributed by atoms with Crippen LogP contribution in [0.4, 0.5) is 11.4 Å². The number of nitrogens with two attached hydrogens (primary N) is 1. The van der Waals surface area contributed by atoms with Gasteiger partial charge >= 0.3 is 0 Å². The highest BCUT2D eigenvalue weighted by Gasteiger charge is 2.68. The lowest BCUT2D eigenvalue weighted by molar-refractivity contribution is -0.256. The number of aromatic hydroxyl groups is 1. The smallest absolute Gasteiger partial charge is 0.256 e. The Hall–Kier alpha value is -3.94. The number of phenolic OH excluding ortho intramolecular Hbond substituents is 1. The van der Waals surface area contributed by atoms with Crippen LogP contribution in [0.1, 0.15) is 38.3 Å². The molecular weight excluding hydrogens is 534 g/mol. The van der Waals surface area contributed by atoms with Crippen molar-refractivity contribution in [2.45, 2.75) is 50.8 Å². The van der Waals surface area contributed by atoms with Crippen molar-refractivity contribution < 1.29 is 39.3 Å². The summed E-state index contributed by atoms with van der Waals surface area (Å²) in [5.74, 6) is -6.41. The van der Waals surface area contributed by atoms with E-state index in [1.807, 2.05) is 20.8 Å². The van der Waals surface area contributed by atoms with Gasteiger partial charge in [0.05, 0.1) is 17.8 Å². The highest BCUT2D eigenvalue weighted by molar-refractivity contribution is 6.33. The van der Waals surface area contributed by atoms with E-state index in [1.165, 1.54) is 5.06 Å². The molecule has 2 fully saturated rings. The van der Waals surface area contributed by atoms with Gasteiger partial charge in [-0.05, 0) is 51.2 Å². The summed E-state index contributed by atoms with van der Waals surface area (Å²) in [5.41, 5.74) is 2.70. The quantitative estimate of drug-likeness (QED) is 0.160. The number of carbonyl (C=O) groups excluding carboxylic acids is 4. The largest absolute Gasteiger partial charge is 0.507 e. The minimum Gasteiger partial charge on any atom is -0.507 e. The Morgan fingerprint density at radius 3 is 2.44 bits per heavy atom. The minimum atomic E-state index is -2.67. The van der Waals surface area contributed by atoms with Crippen molar-refractivity contribution in [1.82, 2.24) is 10.4 Å². The van der Waals surface area contributed by atoms with Crippen LogP contribution in [0.5, 0.6) is 5.75 Å². The number of amides is 2. The normalized spacial score (nSPS) is 27.2. The summed E-state index contributed by atoms with van der Waals surface area (Å²) in [6.45, 7) is 5.66. The Bertz CT molecular complexity index is 1470. The topological polar surface area (TPSA) is 195 Å². The summed E-state index contributed by atoms with van der Waals surface area (Å²) in [7, 11) is 5.09. The van der Waals surface area contributed by atoms with Crippen molar-refractivity contribution in [3.8, 4) is 5.75 Å². The highest BCUT2D eigenvalue weighted by Crippen LogP contribution is 2.56. The number of aliphatic hydroxyl groups excluding tert-OH is 1. The maximum atomic E-state index is 14.0. The van der Waals surface area contributed by atoms with E-state index in [-0.39, 0.29) is 47.5 Å². The molecular formula is C28H35N5O8. The molecule has 7 N–H and O–H groups in total. The highest BCUT2D eigenvalue weighted by atomic mass is 16.7. The van der Waals surface area contributed by atoms with Gasteiger partial charge < -0.3 is 41.4 Å². The van der Waals surface area contributed by atoms with Gasteiger partial charge in [0.15, 0.2) is 11.4 Å². The van der Waals surface area contributed by atoms with E-state index in [0.29, 0.717) is 11.3 Å². The lowest BCUT2D eigenvalue weighted by Crippen LogP contribution is -2.70. The number of carbonyl (C=O) groups is 4. The summed E-state index contributed by atoms with van der Waals surface area (Å²) in [4.78, 5) is 59.4. The fraction of sp³-hybridized carbons (Fsp3) is 0.500. The molecule has 0 bridgehead atoms. The third kappa shape index (κ3) is 4.18. The zero-order valence-corrected chi connectivity index (χ0v) is 23.8. The summed E-state index contributed by atoms with van der Waals surface area (Å²) >= 11 is 0. The number of nitrogens with one attached hydrogen (secondary N) is 2. The van der Waals surface area contributed by atoms with Gasteiger partial charge in [-0.25, -0.2) is 0 Å². The van der Waals surface area contributed by atoms with E-state index in [4.69, 9.17) is 10.6 Å². The SMILES string of the molecule is CN(C)c1cc(NC(=O)CNC(C)(C)C)c(O)c2c1CC1CC3[C@H]4C(=C(C(N)=O)C(=O)[C@@]3(O)C(=O)C1=C2O)ON4C. The van der Waals surface area contributed by atoms with Crippen LogP contribution in [-0.4, -0.2) is 88.6 Å². The molecule has 13 heteroatoms. The van der Waals surface area contributed by atoms with Crippen LogP contribution in [0.2, 0.25) is 0 Å². The van der Waals surface area contributed by atoms with Gasteiger partial charge in [-0.2, -0.15) is 0 Å². The van der Waals surface area contributed by atoms with Crippen LogP contribution in [0.3, 0.4) is 0 Å². The van der Waals surface area contributed by atoms with E-state index in [0.717, 1.165) is 0 Å². The number of Topliss-reactive ketones (excluding diaryl/α,β-unsaturated/α-hetero) is 2. The van der Waals surface area contributed by atoms with Crippen LogP contribution in [0.15, 0.2) is 23.0 Å². The standard InChI is InChI=1S/C28H35N5O8/c1-27(2,3)30-10-16(34)31-14-9-15(32(4)5)12-7-11-8-13-20-23(41-33(20)6)19(26(29)39)25(38)28(13,40)24(37)17(11)22(36)18(12)21(14)35/h9,11,13,20,30,35-36,40H,7-8,10H2,1-6H3,(H2,29,39)(H,31,34)/t11?,13?,20-,28-/m0/s1. The van der Waals surface area contributed by atoms with E-state index in [9.17, 15) is 34.5 Å². The number of ketones is 2. The van der Waals surface area contributed by atoms with Gasteiger partial charge in [0.1, 0.15) is 23.1 Å². The molecule has 220 valence electrons. The van der Waals surface area contributed by atoms with Crippen LogP contribution in [0, 0.1) is 11.8 Å². The number of rotatable bonds is 5. The summed E-state index contributed by atoms with van der Waals surface area (Å²) in [6.07, 6.45) is 0.298. The molecule has 41 heavy (non-hydrogen) atoms. The monoisotopic (exact) mass is 569 g/mol. The summed E-state index contributed by atoms with van der Waals surface area (Å²) in [5, 5.41) is 41.6. The molecule has 4 atom stereocenters. The first-order valence-electron chi connectivity index (χ1n) is 13.3. The molecule has 0 aromatic heterocycles. The van der Waals surface area contributed by atoms with E-state index < -0.39 is 63.9 Å². The van der Waals surface area contributed by atoms with Crippen LogP contribution < -0.4 is 21.3 Å². The average molecular weight is 570 g/mol.